The molecular weight excluding hydrogens is 240 g/mol. The number of ether oxygens (including phenoxy) is 2. The number of hydrogen-bond acceptors (Lipinski definition) is 6. The van der Waals surface area contributed by atoms with E-state index in [2.05, 4.69) is 5.32 Å². The maximum Gasteiger partial charge on any atom is 0.311 e. The second kappa shape index (κ2) is 7.46. The van der Waals surface area contributed by atoms with Crippen LogP contribution < -0.4 is 10.1 Å². The molecule has 0 aliphatic carbocycles. The zero-order chi connectivity index (χ0) is 13.4. The lowest BCUT2D eigenvalue weighted by Crippen LogP contribution is -2.11. The standard InChI is InChI=1S/C11H16N2O5/c1-17-11-8-9(2-3-10(11)13(15)16)12-4-6-18-7-5-14/h2-3,8,12,14H,4-7H2,1H3. The SMILES string of the molecule is COc1cc(NCCOCCO)ccc1[N+](=O)[O-]. The zero-order valence-electron chi connectivity index (χ0n) is 10.1. The van der Waals surface area contributed by atoms with Crippen LogP contribution in [0.15, 0.2) is 18.2 Å². The highest BCUT2D eigenvalue weighted by Crippen LogP contribution is 2.29. The highest BCUT2D eigenvalue weighted by atomic mass is 16.6. The van der Waals surface area contributed by atoms with Gasteiger partial charge in [0.05, 0.1) is 31.9 Å². The Bertz CT molecular complexity index is 397. The van der Waals surface area contributed by atoms with E-state index in [1.54, 1.807) is 12.1 Å². The number of hydrogen-bond donors (Lipinski definition) is 2. The topological polar surface area (TPSA) is 93.9 Å². The number of nitro benzene ring substituents is 1. The summed E-state index contributed by atoms with van der Waals surface area (Å²) in [6.07, 6.45) is 0. The van der Waals surface area contributed by atoms with E-state index in [0.29, 0.717) is 25.4 Å². The van der Waals surface area contributed by atoms with Crippen molar-refractivity contribution in [1.29, 1.82) is 0 Å². The first-order chi connectivity index (χ1) is 8.69. The third-order valence-corrected chi connectivity index (χ3v) is 2.19. The molecule has 0 atom stereocenters. The number of nitrogens with zero attached hydrogens (tertiary/aromatic N) is 1. The Labute approximate surface area is 104 Å². The second-order valence-electron chi connectivity index (χ2n) is 3.41. The number of benzene rings is 1. The van der Waals surface area contributed by atoms with Crippen LogP contribution in [-0.4, -0.2) is 43.5 Å². The maximum absolute atomic E-state index is 10.7. The molecule has 7 heteroatoms. The molecule has 0 amide bonds. The molecule has 2 N–H and O–H groups in total. The van der Waals surface area contributed by atoms with Gasteiger partial charge in [0, 0.05) is 24.4 Å². The molecule has 0 spiro atoms. The molecule has 1 aromatic rings. The summed E-state index contributed by atoms with van der Waals surface area (Å²) < 4.78 is 10.0. The van der Waals surface area contributed by atoms with Crippen molar-refractivity contribution in [3.05, 3.63) is 28.3 Å². The number of aliphatic hydroxyl groups is 1. The number of nitro groups is 1. The van der Waals surface area contributed by atoms with Crippen LogP contribution in [0.2, 0.25) is 0 Å². The van der Waals surface area contributed by atoms with Crippen LogP contribution in [0.4, 0.5) is 11.4 Å². The Balaban J connectivity index is 2.54. The number of nitrogens with one attached hydrogen (secondary N) is 1. The molecule has 0 aliphatic rings. The van der Waals surface area contributed by atoms with Crippen molar-refractivity contribution in [3.8, 4) is 5.75 Å². The number of aliphatic hydroxyl groups excluding tert-OH is 1. The summed E-state index contributed by atoms with van der Waals surface area (Å²) in [6.45, 7) is 1.28. The molecule has 0 fully saturated rings. The molecule has 100 valence electrons. The lowest BCUT2D eigenvalue weighted by Gasteiger charge is -2.08. The van der Waals surface area contributed by atoms with E-state index in [1.165, 1.54) is 13.2 Å². The van der Waals surface area contributed by atoms with E-state index in [1.807, 2.05) is 0 Å². The van der Waals surface area contributed by atoms with E-state index >= 15 is 0 Å². The van der Waals surface area contributed by atoms with Gasteiger partial charge in [0.2, 0.25) is 0 Å². The highest BCUT2D eigenvalue weighted by Gasteiger charge is 2.14. The molecule has 0 aliphatic heterocycles. The second-order valence-corrected chi connectivity index (χ2v) is 3.41. The quantitative estimate of drug-likeness (QED) is 0.410. The van der Waals surface area contributed by atoms with Gasteiger partial charge in [0.25, 0.3) is 0 Å². The first kappa shape index (κ1) is 14.2. The number of rotatable bonds is 8. The fourth-order valence-corrected chi connectivity index (χ4v) is 1.37. The minimum absolute atomic E-state index is 0.00858. The van der Waals surface area contributed by atoms with Gasteiger partial charge in [-0.05, 0) is 6.07 Å². The Morgan fingerprint density at radius 2 is 2.22 bits per heavy atom. The van der Waals surface area contributed by atoms with Crippen LogP contribution in [0.3, 0.4) is 0 Å². The van der Waals surface area contributed by atoms with E-state index < -0.39 is 4.92 Å². The summed E-state index contributed by atoms with van der Waals surface area (Å²) in [4.78, 5) is 10.2. The predicted octanol–water partition coefficient (Wildman–Crippen LogP) is 1.02. The van der Waals surface area contributed by atoms with Gasteiger partial charge >= 0.3 is 5.69 Å². The van der Waals surface area contributed by atoms with Crippen molar-refractivity contribution in [1.82, 2.24) is 0 Å². The molecule has 1 rings (SSSR count). The lowest BCUT2D eigenvalue weighted by atomic mass is 10.2. The first-order valence-corrected chi connectivity index (χ1v) is 5.44. The van der Waals surface area contributed by atoms with Gasteiger partial charge in [-0.15, -0.1) is 0 Å². The highest BCUT2D eigenvalue weighted by molar-refractivity contribution is 5.57. The molecule has 0 aromatic heterocycles. The Morgan fingerprint density at radius 3 is 2.83 bits per heavy atom. The fraction of sp³-hybridized carbons (Fsp3) is 0.455. The van der Waals surface area contributed by atoms with Gasteiger partial charge in [-0.1, -0.05) is 0 Å². The van der Waals surface area contributed by atoms with Crippen molar-refractivity contribution < 1.29 is 19.5 Å². The van der Waals surface area contributed by atoms with E-state index in [4.69, 9.17) is 14.6 Å². The van der Waals surface area contributed by atoms with Crippen LogP contribution in [0.25, 0.3) is 0 Å². The van der Waals surface area contributed by atoms with Gasteiger partial charge in [0.15, 0.2) is 5.75 Å². The molecule has 7 nitrogen and oxygen atoms in total. The molecule has 0 saturated carbocycles. The lowest BCUT2D eigenvalue weighted by molar-refractivity contribution is -0.385. The summed E-state index contributed by atoms with van der Waals surface area (Å²) in [7, 11) is 1.39. The van der Waals surface area contributed by atoms with Gasteiger partial charge in [-0.25, -0.2) is 0 Å². The van der Waals surface area contributed by atoms with Gasteiger partial charge in [-0.2, -0.15) is 0 Å². The molecule has 0 radical (unpaired) electrons. The number of methoxy groups -OCH3 is 1. The van der Waals surface area contributed by atoms with Gasteiger partial charge in [0.1, 0.15) is 0 Å². The van der Waals surface area contributed by atoms with Crippen molar-refractivity contribution in [2.24, 2.45) is 0 Å². The predicted molar refractivity (Wildman–Crippen MR) is 66.0 cm³/mol. The maximum atomic E-state index is 10.7. The first-order valence-electron chi connectivity index (χ1n) is 5.44. The third kappa shape index (κ3) is 4.19. The van der Waals surface area contributed by atoms with Crippen LogP contribution in [-0.2, 0) is 4.74 Å². The minimum Gasteiger partial charge on any atom is -0.490 e. The molecule has 1 aromatic carbocycles. The smallest absolute Gasteiger partial charge is 0.311 e. The Kier molecular flexibility index (Phi) is 5.89. The Morgan fingerprint density at radius 1 is 1.44 bits per heavy atom. The fourth-order valence-electron chi connectivity index (χ4n) is 1.37. The van der Waals surface area contributed by atoms with Crippen molar-refractivity contribution in [2.45, 2.75) is 0 Å². The summed E-state index contributed by atoms with van der Waals surface area (Å²) in [5, 5.41) is 22.2. The molecule has 0 unspecified atom stereocenters. The Hall–Kier alpha value is -1.86. The monoisotopic (exact) mass is 256 g/mol. The van der Waals surface area contributed by atoms with Crippen molar-refractivity contribution in [3.63, 3.8) is 0 Å². The van der Waals surface area contributed by atoms with Crippen LogP contribution in [0.1, 0.15) is 0 Å². The van der Waals surface area contributed by atoms with Crippen molar-refractivity contribution >= 4 is 11.4 Å². The van der Waals surface area contributed by atoms with Crippen LogP contribution in [0, 0.1) is 10.1 Å². The molecule has 0 heterocycles. The summed E-state index contributed by atoms with van der Waals surface area (Å²) in [5.74, 6) is 0.210. The van der Waals surface area contributed by atoms with Gasteiger partial charge in [-0.3, -0.25) is 10.1 Å². The van der Waals surface area contributed by atoms with E-state index in [-0.39, 0.29) is 18.0 Å². The summed E-state index contributed by atoms with van der Waals surface area (Å²) >= 11 is 0. The third-order valence-electron chi connectivity index (χ3n) is 2.19. The summed E-state index contributed by atoms with van der Waals surface area (Å²) in [5.41, 5.74) is 0.643. The normalized spacial score (nSPS) is 10.1. The van der Waals surface area contributed by atoms with Crippen molar-refractivity contribution in [2.75, 3.05) is 38.8 Å². The summed E-state index contributed by atoms with van der Waals surface area (Å²) in [6, 6.07) is 4.55. The van der Waals surface area contributed by atoms with E-state index in [0.717, 1.165) is 0 Å². The average molecular weight is 256 g/mol. The van der Waals surface area contributed by atoms with Crippen LogP contribution in [0.5, 0.6) is 5.75 Å². The molecule has 18 heavy (non-hydrogen) atoms. The molecular formula is C11H16N2O5. The largest absolute Gasteiger partial charge is 0.490 e. The average Bonchev–Trinajstić information content (AvgIpc) is 2.38. The number of anilines is 1. The van der Waals surface area contributed by atoms with E-state index in [9.17, 15) is 10.1 Å². The van der Waals surface area contributed by atoms with Gasteiger partial charge < -0.3 is 19.9 Å². The minimum atomic E-state index is -0.493. The molecule has 0 saturated heterocycles. The van der Waals surface area contributed by atoms with Crippen LogP contribution >= 0.6 is 0 Å². The molecule has 0 bridgehead atoms. The zero-order valence-corrected chi connectivity index (χ0v) is 10.1.